The second-order valence-corrected chi connectivity index (χ2v) is 6.88. The topological polar surface area (TPSA) is 21.3 Å². The number of thiophene rings is 1. The van der Waals surface area contributed by atoms with Crippen LogP contribution >= 0.6 is 22.9 Å². The zero-order chi connectivity index (χ0) is 15.4. The molecule has 1 unspecified atom stereocenters. The normalized spacial score (nSPS) is 12.4. The summed E-state index contributed by atoms with van der Waals surface area (Å²) >= 11 is 8.00. The fourth-order valence-corrected chi connectivity index (χ4v) is 3.73. The van der Waals surface area contributed by atoms with Crippen molar-refractivity contribution in [1.29, 1.82) is 0 Å². The van der Waals surface area contributed by atoms with Crippen LogP contribution in [-0.2, 0) is 6.42 Å². The van der Waals surface area contributed by atoms with Gasteiger partial charge in [0.15, 0.2) is 0 Å². The first-order valence-corrected chi connectivity index (χ1v) is 8.37. The van der Waals surface area contributed by atoms with Gasteiger partial charge in [-0.3, -0.25) is 0 Å². The lowest BCUT2D eigenvalue weighted by Crippen LogP contribution is -2.22. The van der Waals surface area contributed by atoms with E-state index in [-0.39, 0.29) is 0 Å². The number of aryl methyl sites for hydroxylation is 2. The van der Waals surface area contributed by atoms with Gasteiger partial charge in [0.05, 0.1) is 7.11 Å². The Labute approximate surface area is 136 Å². The summed E-state index contributed by atoms with van der Waals surface area (Å²) in [5.74, 6) is 0.896. The first-order chi connectivity index (χ1) is 10.0. The Kier molecular flexibility index (Phi) is 5.68. The lowest BCUT2D eigenvalue weighted by Gasteiger charge is -2.18. The fourth-order valence-electron chi connectivity index (χ4n) is 2.42. The minimum absolute atomic E-state index is 0.291. The van der Waals surface area contributed by atoms with Crippen LogP contribution in [0.4, 0.5) is 0 Å². The van der Waals surface area contributed by atoms with Crippen molar-refractivity contribution in [3.8, 4) is 5.75 Å². The minimum atomic E-state index is 0.291. The molecular formula is C17H22ClNOS. The Morgan fingerprint density at radius 3 is 2.62 bits per heavy atom. The van der Waals surface area contributed by atoms with Crippen molar-refractivity contribution in [1.82, 2.24) is 5.32 Å². The number of rotatable bonds is 6. The van der Waals surface area contributed by atoms with Gasteiger partial charge in [0.1, 0.15) is 5.75 Å². The third kappa shape index (κ3) is 4.00. The Hall–Kier alpha value is -1.03. The second-order valence-electron chi connectivity index (χ2n) is 5.16. The molecule has 2 nitrogen and oxygen atoms in total. The Morgan fingerprint density at radius 1 is 1.29 bits per heavy atom. The third-order valence-corrected chi connectivity index (χ3v) is 5.15. The lowest BCUT2D eigenvalue weighted by atomic mass is 10.0. The van der Waals surface area contributed by atoms with E-state index in [1.54, 1.807) is 7.11 Å². The monoisotopic (exact) mass is 323 g/mol. The smallest absolute Gasteiger partial charge is 0.122 e. The van der Waals surface area contributed by atoms with E-state index in [4.69, 9.17) is 16.3 Å². The van der Waals surface area contributed by atoms with Crippen molar-refractivity contribution in [2.75, 3.05) is 13.7 Å². The lowest BCUT2D eigenvalue weighted by molar-refractivity contribution is 0.406. The van der Waals surface area contributed by atoms with Crippen LogP contribution in [0.3, 0.4) is 0 Å². The first kappa shape index (κ1) is 16.3. The van der Waals surface area contributed by atoms with Crippen molar-refractivity contribution in [3.05, 3.63) is 50.2 Å². The molecule has 0 saturated carbocycles. The summed E-state index contributed by atoms with van der Waals surface area (Å²) in [4.78, 5) is 2.75. The van der Waals surface area contributed by atoms with Crippen LogP contribution in [0.2, 0.25) is 5.02 Å². The Morgan fingerprint density at radius 2 is 2.05 bits per heavy atom. The van der Waals surface area contributed by atoms with Gasteiger partial charge in [0.25, 0.3) is 0 Å². The van der Waals surface area contributed by atoms with Crippen molar-refractivity contribution in [3.63, 3.8) is 0 Å². The van der Waals surface area contributed by atoms with Gasteiger partial charge in [-0.2, -0.15) is 0 Å². The molecule has 2 aromatic rings. The van der Waals surface area contributed by atoms with E-state index in [9.17, 15) is 0 Å². The van der Waals surface area contributed by atoms with Gasteiger partial charge in [-0.1, -0.05) is 18.5 Å². The summed E-state index contributed by atoms with van der Waals surface area (Å²) in [5, 5.41) is 4.32. The number of hydrogen-bond acceptors (Lipinski definition) is 3. The molecule has 1 heterocycles. The third-order valence-electron chi connectivity index (χ3n) is 3.65. The van der Waals surface area contributed by atoms with E-state index in [0.717, 1.165) is 29.3 Å². The summed E-state index contributed by atoms with van der Waals surface area (Å²) in [6.07, 6.45) is 0.872. The van der Waals surface area contributed by atoms with Crippen molar-refractivity contribution in [2.45, 2.75) is 33.2 Å². The molecule has 1 aromatic heterocycles. The van der Waals surface area contributed by atoms with Crippen LogP contribution in [0.5, 0.6) is 5.75 Å². The molecule has 0 aliphatic heterocycles. The molecule has 0 spiro atoms. The standard InChI is InChI=1S/C17H22ClNOS/c1-5-19-15(17-8-11(2)12(3)21-17)10-13-9-14(18)6-7-16(13)20-4/h6-9,15,19H,5,10H2,1-4H3. The number of halogens is 1. The van der Waals surface area contributed by atoms with E-state index in [2.05, 4.69) is 32.2 Å². The molecule has 0 bridgehead atoms. The molecule has 0 aliphatic carbocycles. The summed E-state index contributed by atoms with van der Waals surface area (Å²) in [7, 11) is 1.70. The van der Waals surface area contributed by atoms with Gasteiger partial charge >= 0.3 is 0 Å². The molecule has 1 atom stereocenters. The average Bonchev–Trinajstić information content (AvgIpc) is 2.78. The molecule has 0 fully saturated rings. The van der Waals surface area contributed by atoms with E-state index < -0.39 is 0 Å². The van der Waals surface area contributed by atoms with Crippen LogP contribution < -0.4 is 10.1 Å². The van der Waals surface area contributed by atoms with Crippen molar-refractivity contribution in [2.24, 2.45) is 0 Å². The maximum absolute atomic E-state index is 6.14. The highest BCUT2D eigenvalue weighted by Crippen LogP contribution is 2.32. The molecule has 2 rings (SSSR count). The molecule has 21 heavy (non-hydrogen) atoms. The Bertz CT molecular complexity index is 589. The molecule has 0 amide bonds. The van der Waals surface area contributed by atoms with Crippen LogP contribution in [0.25, 0.3) is 0 Å². The number of hydrogen-bond donors (Lipinski definition) is 1. The predicted molar refractivity (Wildman–Crippen MR) is 91.9 cm³/mol. The maximum Gasteiger partial charge on any atom is 0.122 e. The van der Waals surface area contributed by atoms with E-state index >= 15 is 0 Å². The number of methoxy groups -OCH3 is 1. The zero-order valence-electron chi connectivity index (χ0n) is 13.0. The molecule has 0 radical (unpaired) electrons. The van der Waals surface area contributed by atoms with E-state index in [0.29, 0.717) is 6.04 Å². The highest BCUT2D eigenvalue weighted by Gasteiger charge is 2.17. The van der Waals surface area contributed by atoms with Gasteiger partial charge in [-0.15, -0.1) is 11.3 Å². The highest BCUT2D eigenvalue weighted by molar-refractivity contribution is 7.12. The number of benzene rings is 1. The molecular weight excluding hydrogens is 302 g/mol. The Balaban J connectivity index is 2.29. The summed E-state index contributed by atoms with van der Waals surface area (Å²) < 4.78 is 5.46. The molecule has 0 saturated heterocycles. The summed E-state index contributed by atoms with van der Waals surface area (Å²) in [6, 6.07) is 8.37. The van der Waals surface area contributed by atoms with Gasteiger partial charge in [-0.05, 0) is 62.2 Å². The summed E-state index contributed by atoms with van der Waals surface area (Å²) in [5.41, 5.74) is 2.50. The molecule has 4 heteroatoms. The predicted octanol–water partition coefficient (Wildman–Crippen LogP) is 4.92. The first-order valence-electron chi connectivity index (χ1n) is 7.17. The summed E-state index contributed by atoms with van der Waals surface area (Å²) in [6.45, 7) is 7.41. The van der Waals surface area contributed by atoms with Gasteiger partial charge < -0.3 is 10.1 Å². The van der Waals surface area contributed by atoms with Crippen LogP contribution in [-0.4, -0.2) is 13.7 Å². The largest absolute Gasteiger partial charge is 0.496 e. The molecule has 1 N–H and O–H groups in total. The quantitative estimate of drug-likeness (QED) is 0.814. The number of likely N-dealkylation sites (N-methyl/N-ethyl adjacent to an activating group) is 1. The van der Waals surface area contributed by atoms with Crippen LogP contribution in [0.15, 0.2) is 24.3 Å². The second kappa shape index (κ2) is 7.30. The van der Waals surface area contributed by atoms with Crippen molar-refractivity contribution < 1.29 is 4.74 Å². The van der Waals surface area contributed by atoms with E-state index in [1.165, 1.54) is 15.3 Å². The minimum Gasteiger partial charge on any atom is -0.496 e. The van der Waals surface area contributed by atoms with Crippen LogP contribution in [0, 0.1) is 13.8 Å². The van der Waals surface area contributed by atoms with Gasteiger partial charge in [-0.25, -0.2) is 0 Å². The number of ether oxygens (including phenoxy) is 1. The number of nitrogens with one attached hydrogen (secondary N) is 1. The van der Waals surface area contributed by atoms with Crippen molar-refractivity contribution >= 4 is 22.9 Å². The average molecular weight is 324 g/mol. The fraction of sp³-hybridized carbons (Fsp3) is 0.412. The van der Waals surface area contributed by atoms with E-state index in [1.807, 2.05) is 29.5 Å². The molecule has 114 valence electrons. The van der Waals surface area contributed by atoms with Gasteiger partial charge in [0.2, 0.25) is 0 Å². The maximum atomic E-state index is 6.14. The van der Waals surface area contributed by atoms with Crippen LogP contribution in [0.1, 0.15) is 33.8 Å². The molecule has 1 aromatic carbocycles. The van der Waals surface area contributed by atoms with Gasteiger partial charge in [0, 0.05) is 20.8 Å². The zero-order valence-corrected chi connectivity index (χ0v) is 14.6. The molecule has 0 aliphatic rings. The highest BCUT2D eigenvalue weighted by atomic mass is 35.5. The SMILES string of the molecule is CCNC(Cc1cc(Cl)ccc1OC)c1cc(C)c(C)s1.